The molecule has 3 rings (SSSR count). The van der Waals surface area contributed by atoms with E-state index >= 15 is 0 Å². The van der Waals surface area contributed by atoms with Crippen molar-refractivity contribution in [2.75, 3.05) is 0 Å². The molecule has 3 aromatic rings. The third-order valence-electron chi connectivity index (χ3n) is 4.23. The molecule has 1 N–H and O–H groups in total. The molecule has 6 heteroatoms. The van der Waals surface area contributed by atoms with E-state index in [1.54, 1.807) is 25.1 Å². The average molecular weight is 337 g/mol. The highest BCUT2D eigenvalue weighted by Crippen LogP contribution is 2.13. The second-order valence-corrected chi connectivity index (χ2v) is 5.79. The Morgan fingerprint density at radius 2 is 1.72 bits per heavy atom. The predicted molar refractivity (Wildman–Crippen MR) is 96.7 cm³/mol. The second-order valence-electron chi connectivity index (χ2n) is 5.79. The van der Waals surface area contributed by atoms with Crippen LogP contribution in [0.5, 0.6) is 0 Å². The minimum Gasteiger partial charge on any atom is -0.348 e. The fourth-order valence-corrected chi connectivity index (χ4v) is 2.83. The first-order valence-corrected chi connectivity index (χ1v) is 8.08. The van der Waals surface area contributed by atoms with Crippen molar-refractivity contribution in [3.63, 3.8) is 0 Å². The van der Waals surface area contributed by atoms with Gasteiger partial charge in [-0.25, -0.2) is 0 Å². The number of hydrogen-bond acceptors (Lipinski definition) is 3. The Hall–Kier alpha value is -3.15. The van der Waals surface area contributed by atoms with E-state index in [0.29, 0.717) is 29.7 Å². The molecule has 1 amide bonds. The van der Waals surface area contributed by atoms with Crippen LogP contribution < -0.4 is 16.4 Å². The molecule has 0 saturated carbocycles. The van der Waals surface area contributed by atoms with Gasteiger partial charge in [-0.15, -0.1) is 0 Å². The van der Waals surface area contributed by atoms with E-state index < -0.39 is 11.1 Å². The van der Waals surface area contributed by atoms with Gasteiger partial charge in [0.1, 0.15) is 0 Å². The zero-order valence-corrected chi connectivity index (χ0v) is 14.2. The quantitative estimate of drug-likeness (QED) is 0.736. The van der Waals surface area contributed by atoms with Crippen molar-refractivity contribution >= 4 is 16.9 Å². The number of rotatable bonds is 4. The lowest BCUT2D eigenvalue weighted by Crippen LogP contribution is -2.40. The highest BCUT2D eigenvalue weighted by atomic mass is 16.2. The summed E-state index contributed by atoms with van der Waals surface area (Å²) in [6.45, 7) is 2.62. The molecular formula is C19H19N3O3. The topological polar surface area (TPSA) is 73.1 Å². The highest BCUT2D eigenvalue weighted by molar-refractivity contribution is 5.97. The first kappa shape index (κ1) is 16.7. The maximum absolute atomic E-state index is 12.4. The SMILES string of the molecule is CCn1c(=O)c(=O)n(C)c2cc(C(=O)NCc3ccccc3)ccc21. The number of aromatic nitrogens is 2. The Morgan fingerprint density at radius 1 is 1.00 bits per heavy atom. The van der Waals surface area contributed by atoms with Gasteiger partial charge in [0.05, 0.1) is 11.0 Å². The summed E-state index contributed by atoms with van der Waals surface area (Å²) in [4.78, 5) is 36.6. The van der Waals surface area contributed by atoms with Gasteiger partial charge in [-0.3, -0.25) is 14.4 Å². The molecule has 0 saturated heterocycles. The number of nitrogens with zero attached hydrogens (tertiary/aromatic N) is 2. The molecule has 0 atom stereocenters. The summed E-state index contributed by atoms with van der Waals surface area (Å²) in [7, 11) is 1.54. The molecule has 1 aromatic heterocycles. The number of hydrogen-bond donors (Lipinski definition) is 1. The Balaban J connectivity index is 1.97. The molecule has 0 aliphatic heterocycles. The van der Waals surface area contributed by atoms with Crippen molar-refractivity contribution in [1.82, 2.24) is 14.5 Å². The van der Waals surface area contributed by atoms with Gasteiger partial charge in [0.25, 0.3) is 5.91 Å². The highest BCUT2D eigenvalue weighted by Gasteiger charge is 2.13. The zero-order chi connectivity index (χ0) is 18.0. The molecule has 1 heterocycles. The van der Waals surface area contributed by atoms with E-state index in [4.69, 9.17) is 0 Å². The smallest absolute Gasteiger partial charge is 0.316 e. The standard InChI is InChI=1S/C19H19N3O3/c1-3-22-15-10-9-14(11-16(15)21(2)18(24)19(22)25)17(23)20-12-13-7-5-4-6-8-13/h4-11H,3,12H2,1-2H3,(H,20,23). The lowest BCUT2D eigenvalue weighted by atomic mass is 10.1. The Labute approximate surface area is 144 Å². The third kappa shape index (κ3) is 3.10. The summed E-state index contributed by atoms with van der Waals surface area (Å²) in [6, 6.07) is 14.6. The number of fused-ring (bicyclic) bond motifs is 1. The maximum atomic E-state index is 12.4. The van der Waals surface area contributed by atoms with Gasteiger partial charge >= 0.3 is 11.1 Å². The van der Waals surface area contributed by atoms with Crippen LogP contribution in [0.1, 0.15) is 22.8 Å². The third-order valence-corrected chi connectivity index (χ3v) is 4.23. The van der Waals surface area contributed by atoms with Crippen LogP contribution in [-0.4, -0.2) is 15.0 Å². The summed E-state index contributed by atoms with van der Waals surface area (Å²) in [5, 5.41) is 2.86. The van der Waals surface area contributed by atoms with E-state index in [2.05, 4.69) is 5.32 Å². The lowest BCUT2D eigenvalue weighted by molar-refractivity contribution is 0.0951. The molecule has 6 nitrogen and oxygen atoms in total. The Kier molecular flexibility index (Phi) is 4.52. The largest absolute Gasteiger partial charge is 0.348 e. The van der Waals surface area contributed by atoms with Gasteiger partial charge in [-0.2, -0.15) is 0 Å². The van der Waals surface area contributed by atoms with Crippen LogP contribution in [0.4, 0.5) is 0 Å². The first-order valence-electron chi connectivity index (χ1n) is 8.08. The Bertz CT molecular complexity index is 1050. The van der Waals surface area contributed by atoms with Crippen LogP contribution in [0.2, 0.25) is 0 Å². The molecule has 2 aromatic carbocycles. The number of carbonyl (C=O) groups is 1. The summed E-state index contributed by atoms with van der Waals surface area (Å²) < 4.78 is 2.71. The number of benzene rings is 2. The minimum atomic E-state index is -0.601. The lowest BCUT2D eigenvalue weighted by Gasteiger charge is -2.12. The van der Waals surface area contributed by atoms with E-state index in [0.717, 1.165) is 5.56 Å². The van der Waals surface area contributed by atoms with Gasteiger partial charge in [-0.1, -0.05) is 30.3 Å². The van der Waals surface area contributed by atoms with Crippen molar-refractivity contribution in [2.24, 2.45) is 7.05 Å². The molecule has 0 bridgehead atoms. The molecular weight excluding hydrogens is 318 g/mol. The molecule has 0 aliphatic carbocycles. The van der Waals surface area contributed by atoms with Crippen molar-refractivity contribution < 1.29 is 4.79 Å². The summed E-state index contributed by atoms with van der Waals surface area (Å²) in [5.41, 5.74) is 1.48. The van der Waals surface area contributed by atoms with Crippen molar-refractivity contribution in [2.45, 2.75) is 20.0 Å². The zero-order valence-electron chi connectivity index (χ0n) is 14.2. The second kappa shape index (κ2) is 6.76. The molecule has 25 heavy (non-hydrogen) atoms. The van der Waals surface area contributed by atoms with Crippen molar-refractivity contribution in [3.8, 4) is 0 Å². The summed E-state index contributed by atoms with van der Waals surface area (Å²) in [6.07, 6.45) is 0. The monoisotopic (exact) mass is 337 g/mol. The average Bonchev–Trinajstić information content (AvgIpc) is 2.65. The van der Waals surface area contributed by atoms with Gasteiger partial charge in [0, 0.05) is 25.7 Å². The number of amides is 1. The fraction of sp³-hybridized carbons (Fsp3) is 0.211. The van der Waals surface area contributed by atoms with Crippen LogP contribution in [0, 0.1) is 0 Å². The van der Waals surface area contributed by atoms with E-state index in [1.165, 1.54) is 16.2 Å². The Morgan fingerprint density at radius 3 is 2.40 bits per heavy atom. The molecule has 128 valence electrons. The normalized spacial score (nSPS) is 10.8. The van der Waals surface area contributed by atoms with Crippen LogP contribution in [0.3, 0.4) is 0 Å². The van der Waals surface area contributed by atoms with Gasteiger partial charge in [-0.05, 0) is 30.7 Å². The van der Waals surface area contributed by atoms with Crippen LogP contribution in [-0.2, 0) is 20.1 Å². The number of carbonyl (C=O) groups excluding carboxylic acids is 1. The molecule has 0 aliphatic rings. The summed E-state index contributed by atoms with van der Waals surface area (Å²) >= 11 is 0. The minimum absolute atomic E-state index is 0.229. The van der Waals surface area contributed by atoms with Crippen LogP contribution in [0.15, 0.2) is 58.1 Å². The fourth-order valence-electron chi connectivity index (χ4n) is 2.83. The first-order chi connectivity index (χ1) is 12.0. The van der Waals surface area contributed by atoms with E-state index in [9.17, 15) is 14.4 Å². The molecule has 0 fully saturated rings. The van der Waals surface area contributed by atoms with Gasteiger partial charge < -0.3 is 14.5 Å². The van der Waals surface area contributed by atoms with E-state index in [-0.39, 0.29) is 5.91 Å². The van der Waals surface area contributed by atoms with Gasteiger partial charge in [0.2, 0.25) is 0 Å². The molecule has 0 spiro atoms. The summed E-state index contributed by atoms with van der Waals surface area (Å²) in [5.74, 6) is -0.229. The van der Waals surface area contributed by atoms with Crippen LogP contribution in [0.25, 0.3) is 11.0 Å². The predicted octanol–water partition coefficient (Wildman–Crippen LogP) is 1.65. The van der Waals surface area contributed by atoms with Crippen molar-refractivity contribution in [1.29, 1.82) is 0 Å². The number of nitrogens with one attached hydrogen (secondary N) is 1. The van der Waals surface area contributed by atoms with Crippen LogP contribution >= 0.6 is 0 Å². The van der Waals surface area contributed by atoms with E-state index in [1.807, 2.05) is 30.3 Å². The number of aryl methyl sites for hydroxylation is 2. The van der Waals surface area contributed by atoms with Crippen molar-refractivity contribution in [3.05, 3.63) is 80.4 Å². The molecule has 0 radical (unpaired) electrons. The van der Waals surface area contributed by atoms with Gasteiger partial charge in [0.15, 0.2) is 0 Å². The maximum Gasteiger partial charge on any atom is 0.316 e. The molecule has 0 unspecified atom stereocenters.